The zero-order valence-corrected chi connectivity index (χ0v) is 8.14. The minimum atomic E-state index is -0.727. The van der Waals surface area contributed by atoms with Crippen LogP contribution >= 0.6 is 0 Å². The molecule has 1 atom stereocenters. The molecule has 15 heavy (non-hydrogen) atoms. The average Bonchev–Trinajstić information content (AvgIpc) is 2.16. The number of nitrogens with zero attached hydrogens (tertiary/aromatic N) is 1. The van der Waals surface area contributed by atoms with Crippen LogP contribution in [-0.2, 0) is 0 Å². The molecule has 6 nitrogen and oxygen atoms in total. The van der Waals surface area contributed by atoms with Gasteiger partial charge in [0.05, 0.1) is 11.0 Å². The molecule has 0 saturated carbocycles. The van der Waals surface area contributed by atoms with Gasteiger partial charge < -0.3 is 11.5 Å². The van der Waals surface area contributed by atoms with Crippen LogP contribution in [0.5, 0.6) is 0 Å². The van der Waals surface area contributed by atoms with Gasteiger partial charge in [0.25, 0.3) is 5.69 Å². The molecule has 0 heterocycles. The standard InChI is InChI=1S/C9H11N3O3/c1-5(10)9(13)7-4-6(12(14)15)2-3-8(7)11/h2-5H,10-11H2,1H3. The van der Waals surface area contributed by atoms with E-state index in [1.165, 1.54) is 19.1 Å². The molecule has 1 rings (SSSR count). The van der Waals surface area contributed by atoms with Crippen LogP contribution in [0.3, 0.4) is 0 Å². The van der Waals surface area contributed by atoms with E-state index in [0.29, 0.717) is 0 Å². The number of benzene rings is 1. The number of anilines is 1. The fourth-order valence-corrected chi connectivity index (χ4v) is 1.12. The molecule has 0 aliphatic rings. The number of nitrogens with two attached hydrogens (primary N) is 2. The lowest BCUT2D eigenvalue weighted by molar-refractivity contribution is -0.384. The summed E-state index contributed by atoms with van der Waals surface area (Å²) in [6.45, 7) is 1.50. The first-order chi connectivity index (χ1) is 6.93. The number of nitro groups is 1. The molecule has 0 aliphatic carbocycles. The quantitative estimate of drug-likeness (QED) is 0.329. The molecule has 0 saturated heterocycles. The van der Waals surface area contributed by atoms with Crippen molar-refractivity contribution in [2.75, 3.05) is 5.73 Å². The first-order valence-electron chi connectivity index (χ1n) is 4.27. The van der Waals surface area contributed by atoms with Crippen LogP contribution in [0.25, 0.3) is 0 Å². The molecule has 0 aliphatic heterocycles. The third kappa shape index (κ3) is 2.29. The lowest BCUT2D eigenvalue weighted by Gasteiger charge is -2.06. The topological polar surface area (TPSA) is 112 Å². The Labute approximate surface area is 86.0 Å². The Morgan fingerprint density at radius 2 is 2.13 bits per heavy atom. The van der Waals surface area contributed by atoms with E-state index in [2.05, 4.69) is 0 Å². The van der Waals surface area contributed by atoms with Gasteiger partial charge in [-0.3, -0.25) is 14.9 Å². The van der Waals surface area contributed by atoms with Crippen LogP contribution in [0, 0.1) is 10.1 Å². The molecule has 0 fully saturated rings. The third-order valence-corrected chi connectivity index (χ3v) is 1.93. The number of carbonyl (C=O) groups excluding carboxylic acids is 1. The van der Waals surface area contributed by atoms with Gasteiger partial charge in [-0.15, -0.1) is 0 Å². The molecule has 0 amide bonds. The maximum atomic E-state index is 11.5. The summed E-state index contributed by atoms with van der Waals surface area (Å²) in [6.07, 6.45) is 0. The predicted octanol–water partition coefficient (Wildman–Crippen LogP) is 0.707. The minimum absolute atomic E-state index is 0.0965. The van der Waals surface area contributed by atoms with Crippen LogP contribution in [0.1, 0.15) is 17.3 Å². The molecular weight excluding hydrogens is 198 g/mol. The number of hydrogen-bond donors (Lipinski definition) is 2. The summed E-state index contributed by atoms with van der Waals surface area (Å²) in [5.41, 5.74) is 11.0. The van der Waals surface area contributed by atoms with Gasteiger partial charge in [0.2, 0.25) is 0 Å². The van der Waals surface area contributed by atoms with Gasteiger partial charge in [-0.1, -0.05) is 0 Å². The monoisotopic (exact) mass is 209 g/mol. The zero-order valence-electron chi connectivity index (χ0n) is 8.14. The summed E-state index contributed by atoms with van der Waals surface area (Å²) in [6, 6.07) is 2.98. The molecular formula is C9H11N3O3. The zero-order chi connectivity index (χ0) is 11.6. The van der Waals surface area contributed by atoms with Crippen molar-refractivity contribution in [3.63, 3.8) is 0 Å². The Morgan fingerprint density at radius 3 is 2.60 bits per heavy atom. The number of nitrogen functional groups attached to an aromatic ring is 1. The van der Waals surface area contributed by atoms with E-state index >= 15 is 0 Å². The van der Waals surface area contributed by atoms with E-state index < -0.39 is 16.7 Å². The van der Waals surface area contributed by atoms with Crippen molar-refractivity contribution in [1.82, 2.24) is 0 Å². The Morgan fingerprint density at radius 1 is 1.53 bits per heavy atom. The largest absolute Gasteiger partial charge is 0.398 e. The molecule has 0 radical (unpaired) electrons. The summed E-state index contributed by atoms with van der Waals surface area (Å²) >= 11 is 0. The number of hydrogen-bond acceptors (Lipinski definition) is 5. The number of nitro benzene ring substituents is 1. The Balaban J connectivity index is 3.22. The maximum absolute atomic E-state index is 11.5. The number of non-ortho nitro benzene ring substituents is 1. The molecule has 80 valence electrons. The second kappa shape index (κ2) is 4.05. The van der Waals surface area contributed by atoms with E-state index in [0.717, 1.165) is 6.07 Å². The van der Waals surface area contributed by atoms with E-state index in [4.69, 9.17) is 11.5 Å². The summed E-state index contributed by atoms with van der Waals surface area (Å²) in [4.78, 5) is 21.4. The van der Waals surface area contributed by atoms with E-state index in [1.807, 2.05) is 0 Å². The van der Waals surface area contributed by atoms with Crippen LogP contribution < -0.4 is 11.5 Å². The van der Waals surface area contributed by atoms with Gasteiger partial charge in [0.1, 0.15) is 0 Å². The molecule has 0 aromatic heterocycles. The molecule has 0 bridgehead atoms. The maximum Gasteiger partial charge on any atom is 0.270 e. The van der Waals surface area contributed by atoms with Crippen molar-refractivity contribution in [3.8, 4) is 0 Å². The molecule has 4 N–H and O–H groups in total. The van der Waals surface area contributed by atoms with Crippen molar-refractivity contribution in [1.29, 1.82) is 0 Å². The van der Waals surface area contributed by atoms with Crippen LogP contribution in [0.4, 0.5) is 11.4 Å². The molecule has 1 unspecified atom stereocenters. The van der Waals surface area contributed by atoms with Crippen molar-refractivity contribution in [2.45, 2.75) is 13.0 Å². The van der Waals surface area contributed by atoms with Crippen molar-refractivity contribution in [3.05, 3.63) is 33.9 Å². The number of rotatable bonds is 3. The lowest BCUT2D eigenvalue weighted by Crippen LogP contribution is -2.27. The van der Waals surface area contributed by atoms with Gasteiger partial charge in [0, 0.05) is 23.4 Å². The van der Waals surface area contributed by atoms with Crippen molar-refractivity contribution >= 4 is 17.2 Å². The van der Waals surface area contributed by atoms with Crippen LogP contribution in [0.2, 0.25) is 0 Å². The van der Waals surface area contributed by atoms with Gasteiger partial charge in [-0.2, -0.15) is 0 Å². The van der Waals surface area contributed by atoms with Gasteiger partial charge in [0.15, 0.2) is 5.78 Å². The van der Waals surface area contributed by atoms with Crippen LogP contribution in [0.15, 0.2) is 18.2 Å². The first kappa shape index (κ1) is 11.1. The number of carbonyl (C=O) groups is 1. The average molecular weight is 209 g/mol. The minimum Gasteiger partial charge on any atom is -0.398 e. The second-order valence-corrected chi connectivity index (χ2v) is 3.18. The normalized spacial score (nSPS) is 12.1. The molecule has 1 aromatic rings. The number of ketones is 1. The SMILES string of the molecule is CC(N)C(=O)c1cc([N+](=O)[O-])ccc1N. The summed E-state index contributed by atoms with van der Waals surface area (Å²) in [7, 11) is 0. The Kier molecular flexibility index (Phi) is 3.01. The highest BCUT2D eigenvalue weighted by molar-refractivity contribution is 6.04. The van der Waals surface area contributed by atoms with E-state index in [-0.39, 0.29) is 16.9 Å². The first-order valence-corrected chi connectivity index (χ1v) is 4.27. The third-order valence-electron chi connectivity index (χ3n) is 1.93. The summed E-state index contributed by atoms with van der Waals surface area (Å²) in [5, 5.41) is 10.5. The van der Waals surface area contributed by atoms with Crippen molar-refractivity contribution in [2.24, 2.45) is 5.73 Å². The lowest BCUT2D eigenvalue weighted by atomic mass is 10.0. The Hall–Kier alpha value is -1.95. The molecule has 0 spiro atoms. The van der Waals surface area contributed by atoms with Crippen LogP contribution in [-0.4, -0.2) is 16.7 Å². The van der Waals surface area contributed by atoms with Gasteiger partial charge in [-0.25, -0.2) is 0 Å². The van der Waals surface area contributed by atoms with Gasteiger partial charge >= 0.3 is 0 Å². The fraction of sp³-hybridized carbons (Fsp3) is 0.222. The van der Waals surface area contributed by atoms with Gasteiger partial charge in [-0.05, 0) is 13.0 Å². The number of Topliss-reactive ketones (excluding diaryl/α,β-unsaturated/α-hetero) is 1. The smallest absolute Gasteiger partial charge is 0.270 e. The van der Waals surface area contributed by atoms with E-state index in [1.54, 1.807) is 0 Å². The molecule has 1 aromatic carbocycles. The van der Waals surface area contributed by atoms with E-state index in [9.17, 15) is 14.9 Å². The highest BCUT2D eigenvalue weighted by atomic mass is 16.6. The predicted molar refractivity (Wildman–Crippen MR) is 55.5 cm³/mol. The summed E-state index contributed by atoms with van der Waals surface area (Å²) < 4.78 is 0. The Bertz CT molecular complexity index is 415. The summed E-state index contributed by atoms with van der Waals surface area (Å²) in [5.74, 6) is -0.406. The second-order valence-electron chi connectivity index (χ2n) is 3.18. The molecule has 6 heteroatoms. The fourth-order valence-electron chi connectivity index (χ4n) is 1.12. The highest BCUT2D eigenvalue weighted by Crippen LogP contribution is 2.20. The van der Waals surface area contributed by atoms with Crippen molar-refractivity contribution < 1.29 is 9.72 Å². The highest BCUT2D eigenvalue weighted by Gasteiger charge is 2.17.